The minimum Gasteiger partial charge on any atom is -0.332 e. The number of rotatable bonds is 4. The first-order chi connectivity index (χ1) is 11.2. The number of carbonyl (C=O) groups is 1. The fourth-order valence-corrected chi connectivity index (χ4v) is 4.40. The molecule has 2 aromatic rings. The summed E-state index contributed by atoms with van der Waals surface area (Å²) < 4.78 is 0. The second kappa shape index (κ2) is 6.02. The molecular weight excluding hydrogens is 308 g/mol. The highest BCUT2D eigenvalue weighted by Crippen LogP contribution is 2.34. The van der Waals surface area contributed by atoms with Gasteiger partial charge >= 0.3 is 0 Å². The van der Waals surface area contributed by atoms with Gasteiger partial charge in [0.05, 0.1) is 17.2 Å². The van der Waals surface area contributed by atoms with Crippen LogP contribution in [0.4, 0.5) is 0 Å². The summed E-state index contributed by atoms with van der Waals surface area (Å²) >= 11 is 1.65. The molecule has 0 aromatic carbocycles. The van der Waals surface area contributed by atoms with Crippen LogP contribution >= 0.6 is 11.3 Å². The van der Waals surface area contributed by atoms with Crippen LogP contribution in [-0.4, -0.2) is 44.3 Å². The fourth-order valence-electron chi connectivity index (χ4n) is 3.79. The van der Waals surface area contributed by atoms with Crippen molar-refractivity contribution in [3.05, 3.63) is 46.2 Å². The first-order valence-corrected chi connectivity index (χ1v) is 8.92. The Morgan fingerprint density at radius 1 is 1.35 bits per heavy atom. The highest BCUT2D eigenvalue weighted by atomic mass is 32.1. The van der Waals surface area contributed by atoms with E-state index in [1.54, 1.807) is 17.5 Å². The highest BCUT2D eigenvalue weighted by molar-refractivity contribution is 7.09. The summed E-state index contributed by atoms with van der Waals surface area (Å²) in [4.78, 5) is 25.6. The molecule has 0 bridgehead atoms. The minimum atomic E-state index is 0.265. The van der Waals surface area contributed by atoms with Gasteiger partial charge in [0, 0.05) is 49.4 Å². The highest BCUT2D eigenvalue weighted by Gasteiger charge is 2.46. The second-order valence-electron chi connectivity index (χ2n) is 6.34. The average Bonchev–Trinajstić information content (AvgIpc) is 3.21. The maximum Gasteiger partial charge on any atom is 0.224 e. The third kappa shape index (κ3) is 2.88. The van der Waals surface area contributed by atoms with Gasteiger partial charge in [-0.2, -0.15) is 0 Å². The molecule has 6 heteroatoms. The van der Waals surface area contributed by atoms with E-state index in [1.165, 1.54) is 5.56 Å². The van der Waals surface area contributed by atoms with Crippen LogP contribution in [0.3, 0.4) is 0 Å². The normalized spacial score (nSPS) is 24.4. The molecule has 5 nitrogen and oxygen atoms in total. The maximum atomic E-state index is 12.5. The Labute approximate surface area is 140 Å². The molecule has 2 aromatic heterocycles. The Morgan fingerprint density at radius 2 is 2.26 bits per heavy atom. The van der Waals surface area contributed by atoms with Crippen LogP contribution < -0.4 is 0 Å². The van der Waals surface area contributed by atoms with E-state index in [0.29, 0.717) is 25.0 Å². The molecule has 0 unspecified atom stereocenters. The number of amides is 1. The van der Waals surface area contributed by atoms with Gasteiger partial charge in [-0.25, -0.2) is 4.98 Å². The number of carbonyl (C=O) groups excluding carboxylic acids is 1. The zero-order valence-electron chi connectivity index (χ0n) is 13.2. The van der Waals surface area contributed by atoms with E-state index >= 15 is 0 Å². The molecule has 2 aliphatic heterocycles. The quantitative estimate of drug-likeness (QED) is 0.863. The molecule has 4 heterocycles. The lowest BCUT2D eigenvalue weighted by molar-refractivity contribution is -0.129. The molecule has 0 radical (unpaired) electrons. The third-order valence-corrected chi connectivity index (χ3v) is 5.66. The summed E-state index contributed by atoms with van der Waals surface area (Å²) in [5, 5.41) is 3.13. The largest absolute Gasteiger partial charge is 0.332 e. The lowest BCUT2D eigenvalue weighted by atomic mass is 10.1. The van der Waals surface area contributed by atoms with Crippen LogP contribution in [0, 0.1) is 6.92 Å². The lowest BCUT2D eigenvalue weighted by Gasteiger charge is -2.25. The molecule has 4 rings (SSSR count). The van der Waals surface area contributed by atoms with E-state index in [2.05, 4.69) is 26.3 Å². The van der Waals surface area contributed by atoms with E-state index in [-0.39, 0.29) is 5.91 Å². The van der Waals surface area contributed by atoms with Gasteiger partial charge in [-0.15, -0.1) is 11.3 Å². The van der Waals surface area contributed by atoms with Crippen molar-refractivity contribution in [2.45, 2.75) is 44.9 Å². The Kier molecular flexibility index (Phi) is 3.87. The number of fused-ring (bicyclic) bond motifs is 1. The van der Waals surface area contributed by atoms with Crippen molar-refractivity contribution in [1.82, 2.24) is 19.8 Å². The number of aromatic nitrogens is 2. The van der Waals surface area contributed by atoms with Crippen LogP contribution in [0.15, 0.2) is 29.9 Å². The van der Waals surface area contributed by atoms with Crippen LogP contribution in [0.1, 0.15) is 29.1 Å². The van der Waals surface area contributed by atoms with Crippen molar-refractivity contribution in [1.29, 1.82) is 0 Å². The summed E-state index contributed by atoms with van der Waals surface area (Å²) in [7, 11) is 0. The van der Waals surface area contributed by atoms with Gasteiger partial charge in [-0.1, -0.05) is 6.07 Å². The van der Waals surface area contributed by atoms with Crippen LogP contribution in [0.5, 0.6) is 0 Å². The number of thiazole rings is 1. The van der Waals surface area contributed by atoms with Gasteiger partial charge in [0.2, 0.25) is 5.91 Å². The SMILES string of the molecule is Cc1nc(CN2C(=O)C[C@H]3[C@H]2CCN3Cc2cccnc2)cs1. The Morgan fingerprint density at radius 3 is 3.00 bits per heavy atom. The van der Waals surface area contributed by atoms with Crippen molar-refractivity contribution >= 4 is 17.2 Å². The third-order valence-electron chi connectivity index (χ3n) is 4.84. The van der Waals surface area contributed by atoms with Crippen molar-refractivity contribution in [2.75, 3.05) is 6.54 Å². The molecular formula is C17H20N4OS. The molecule has 2 atom stereocenters. The minimum absolute atomic E-state index is 0.265. The Balaban J connectivity index is 1.46. The molecule has 2 saturated heterocycles. The monoisotopic (exact) mass is 328 g/mol. The van der Waals surface area contributed by atoms with Gasteiger partial charge in [0.1, 0.15) is 0 Å². The molecule has 0 saturated carbocycles. The van der Waals surface area contributed by atoms with E-state index in [4.69, 9.17) is 0 Å². The van der Waals surface area contributed by atoms with Gasteiger partial charge in [-0.3, -0.25) is 14.7 Å². The smallest absolute Gasteiger partial charge is 0.224 e. The molecule has 2 aliphatic rings. The van der Waals surface area contributed by atoms with E-state index in [0.717, 1.165) is 30.2 Å². The zero-order valence-corrected chi connectivity index (χ0v) is 14.0. The maximum absolute atomic E-state index is 12.5. The van der Waals surface area contributed by atoms with Crippen LogP contribution in [0.25, 0.3) is 0 Å². The number of nitrogens with zero attached hydrogens (tertiary/aromatic N) is 4. The van der Waals surface area contributed by atoms with Gasteiger partial charge in [-0.05, 0) is 25.0 Å². The number of hydrogen-bond acceptors (Lipinski definition) is 5. The molecule has 1 amide bonds. The first kappa shape index (κ1) is 14.8. The standard InChI is InChI=1S/C17H20N4OS/c1-12-19-14(11-23-12)10-21-15-4-6-20(16(15)7-17(21)22)9-13-3-2-5-18-8-13/h2-3,5,8,11,15-16H,4,6-7,9-10H2,1H3/t15-,16+/m1/s1. The lowest BCUT2D eigenvalue weighted by Crippen LogP contribution is -2.36. The average molecular weight is 328 g/mol. The first-order valence-electron chi connectivity index (χ1n) is 8.04. The number of hydrogen-bond donors (Lipinski definition) is 0. The summed E-state index contributed by atoms with van der Waals surface area (Å²) in [5.74, 6) is 0.265. The number of aryl methyl sites for hydroxylation is 1. The van der Waals surface area contributed by atoms with Crippen molar-refractivity contribution in [3.63, 3.8) is 0 Å². The fraction of sp³-hybridized carbons (Fsp3) is 0.471. The van der Waals surface area contributed by atoms with E-state index < -0.39 is 0 Å². The van der Waals surface area contributed by atoms with E-state index in [9.17, 15) is 4.79 Å². The summed E-state index contributed by atoms with van der Waals surface area (Å²) in [6.07, 6.45) is 5.40. The summed E-state index contributed by atoms with van der Waals surface area (Å²) in [6, 6.07) is 4.75. The Hall–Kier alpha value is -1.79. The van der Waals surface area contributed by atoms with E-state index in [1.807, 2.05) is 24.1 Å². The van der Waals surface area contributed by atoms with Crippen molar-refractivity contribution in [3.8, 4) is 0 Å². The molecule has 2 fully saturated rings. The molecule has 0 N–H and O–H groups in total. The summed E-state index contributed by atoms with van der Waals surface area (Å²) in [5.41, 5.74) is 2.24. The van der Waals surface area contributed by atoms with Crippen molar-refractivity contribution in [2.24, 2.45) is 0 Å². The zero-order chi connectivity index (χ0) is 15.8. The van der Waals surface area contributed by atoms with Crippen LogP contribution in [0.2, 0.25) is 0 Å². The van der Waals surface area contributed by atoms with Gasteiger partial charge in [0.15, 0.2) is 0 Å². The molecule has 0 aliphatic carbocycles. The predicted octanol–water partition coefficient (Wildman–Crippen LogP) is 2.22. The van der Waals surface area contributed by atoms with Crippen LogP contribution in [-0.2, 0) is 17.9 Å². The molecule has 0 spiro atoms. The topological polar surface area (TPSA) is 49.3 Å². The van der Waals surface area contributed by atoms with Crippen molar-refractivity contribution < 1.29 is 4.79 Å². The molecule has 23 heavy (non-hydrogen) atoms. The van der Waals surface area contributed by atoms with Gasteiger partial charge < -0.3 is 4.90 Å². The predicted molar refractivity (Wildman–Crippen MR) is 88.9 cm³/mol. The summed E-state index contributed by atoms with van der Waals surface area (Å²) in [6.45, 7) is 4.59. The second-order valence-corrected chi connectivity index (χ2v) is 7.40. The molecule has 120 valence electrons. The number of likely N-dealkylation sites (tertiary alicyclic amines) is 2. The Bertz CT molecular complexity index is 702. The van der Waals surface area contributed by atoms with Gasteiger partial charge in [0.25, 0.3) is 0 Å². The number of pyridine rings is 1.